The van der Waals surface area contributed by atoms with Gasteiger partial charge >= 0.3 is 0 Å². The molecule has 6 nitrogen and oxygen atoms in total. The topological polar surface area (TPSA) is 90.9 Å². The van der Waals surface area contributed by atoms with Crippen molar-refractivity contribution < 1.29 is 9.90 Å². The Morgan fingerprint density at radius 3 is 2.74 bits per heavy atom. The highest BCUT2D eigenvalue weighted by Gasteiger charge is 2.28. The molecule has 19 heavy (non-hydrogen) atoms. The Kier molecular flexibility index (Phi) is 4.52. The standard InChI is InChI=1S/C13H22N4O2/c1-3-8(4-2)10(18)7-14-13(19)12-15-11(16-17-12)9-5-6-9/h8-10,18H,3-7H2,1-2H3,(H,14,19)(H,15,16,17). The van der Waals surface area contributed by atoms with Crippen LogP contribution >= 0.6 is 0 Å². The minimum atomic E-state index is -0.513. The highest BCUT2D eigenvalue weighted by atomic mass is 16.3. The van der Waals surface area contributed by atoms with Crippen LogP contribution in [0.3, 0.4) is 0 Å². The Morgan fingerprint density at radius 1 is 1.47 bits per heavy atom. The zero-order valence-corrected chi connectivity index (χ0v) is 11.5. The van der Waals surface area contributed by atoms with E-state index in [1.165, 1.54) is 0 Å². The van der Waals surface area contributed by atoms with Crippen LogP contribution in [0.2, 0.25) is 0 Å². The maximum atomic E-state index is 11.8. The summed E-state index contributed by atoms with van der Waals surface area (Å²) in [5.74, 6) is 1.30. The van der Waals surface area contributed by atoms with Crippen molar-refractivity contribution in [1.82, 2.24) is 20.5 Å². The van der Waals surface area contributed by atoms with Crippen LogP contribution in [0.15, 0.2) is 0 Å². The molecule has 1 aromatic rings. The van der Waals surface area contributed by atoms with Gasteiger partial charge in [-0.25, -0.2) is 4.98 Å². The fourth-order valence-electron chi connectivity index (χ4n) is 2.19. The first-order chi connectivity index (χ1) is 9.15. The second-order valence-corrected chi connectivity index (χ2v) is 5.17. The van der Waals surface area contributed by atoms with Crippen LogP contribution in [0.1, 0.15) is 61.9 Å². The third kappa shape index (κ3) is 3.53. The summed E-state index contributed by atoms with van der Waals surface area (Å²) in [6.45, 7) is 4.32. The molecule has 1 heterocycles. The molecule has 1 aromatic heterocycles. The number of hydrogen-bond donors (Lipinski definition) is 3. The van der Waals surface area contributed by atoms with Crippen molar-refractivity contribution in [3.63, 3.8) is 0 Å². The van der Waals surface area contributed by atoms with Gasteiger partial charge in [0.25, 0.3) is 5.91 Å². The Balaban J connectivity index is 1.82. The van der Waals surface area contributed by atoms with E-state index in [0.29, 0.717) is 5.92 Å². The molecule has 0 radical (unpaired) electrons. The summed E-state index contributed by atoms with van der Waals surface area (Å²) in [7, 11) is 0. The number of hydrogen-bond acceptors (Lipinski definition) is 4. The van der Waals surface area contributed by atoms with E-state index in [1.54, 1.807) is 0 Å². The molecule has 1 amide bonds. The molecule has 0 aromatic carbocycles. The van der Waals surface area contributed by atoms with Gasteiger partial charge in [0.2, 0.25) is 5.82 Å². The number of aromatic amines is 1. The van der Waals surface area contributed by atoms with Crippen LogP contribution in [-0.2, 0) is 0 Å². The molecule has 2 rings (SSSR count). The summed E-state index contributed by atoms with van der Waals surface area (Å²) in [6.07, 6.45) is 3.52. The average Bonchev–Trinajstić information content (AvgIpc) is 3.15. The van der Waals surface area contributed by atoms with E-state index >= 15 is 0 Å². The zero-order valence-electron chi connectivity index (χ0n) is 11.5. The SMILES string of the molecule is CCC(CC)C(O)CNC(=O)c1n[nH]c(C2CC2)n1. The molecule has 106 valence electrons. The lowest BCUT2D eigenvalue weighted by Crippen LogP contribution is -2.36. The smallest absolute Gasteiger partial charge is 0.291 e. The maximum Gasteiger partial charge on any atom is 0.291 e. The number of H-pyrrole nitrogens is 1. The molecule has 3 N–H and O–H groups in total. The average molecular weight is 266 g/mol. The highest BCUT2D eigenvalue weighted by Crippen LogP contribution is 2.37. The monoisotopic (exact) mass is 266 g/mol. The molecule has 1 aliphatic rings. The lowest BCUT2D eigenvalue weighted by molar-refractivity contribution is 0.0809. The molecular weight excluding hydrogens is 244 g/mol. The fourth-order valence-corrected chi connectivity index (χ4v) is 2.19. The van der Waals surface area contributed by atoms with Gasteiger partial charge in [0, 0.05) is 12.5 Å². The summed E-state index contributed by atoms with van der Waals surface area (Å²) < 4.78 is 0. The number of aromatic nitrogens is 3. The summed E-state index contributed by atoms with van der Waals surface area (Å²) in [6, 6.07) is 0. The second-order valence-electron chi connectivity index (χ2n) is 5.17. The number of nitrogens with zero attached hydrogens (tertiary/aromatic N) is 2. The molecule has 1 atom stereocenters. The molecule has 1 aliphatic carbocycles. The van der Waals surface area contributed by atoms with Gasteiger partial charge in [-0.05, 0) is 18.8 Å². The van der Waals surface area contributed by atoms with Gasteiger partial charge in [0.05, 0.1) is 6.10 Å². The molecule has 0 saturated heterocycles. The zero-order chi connectivity index (χ0) is 13.8. The Hall–Kier alpha value is -1.43. The predicted octanol–water partition coefficient (Wildman–Crippen LogP) is 1.21. The number of carbonyl (C=O) groups is 1. The molecular formula is C13H22N4O2. The minimum absolute atomic E-state index is 0.165. The van der Waals surface area contributed by atoms with E-state index < -0.39 is 6.10 Å². The third-order valence-electron chi connectivity index (χ3n) is 3.73. The van der Waals surface area contributed by atoms with Crippen molar-refractivity contribution in [2.75, 3.05) is 6.54 Å². The number of carbonyl (C=O) groups excluding carboxylic acids is 1. The first-order valence-electron chi connectivity index (χ1n) is 7.04. The normalized spacial score (nSPS) is 16.6. The van der Waals surface area contributed by atoms with Crippen LogP contribution in [-0.4, -0.2) is 38.8 Å². The largest absolute Gasteiger partial charge is 0.391 e. The lowest BCUT2D eigenvalue weighted by Gasteiger charge is -2.19. The quantitative estimate of drug-likeness (QED) is 0.692. The van der Waals surface area contributed by atoms with Gasteiger partial charge in [-0.2, -0.15) is 0 Å². The van der Waals surface area contributed by atoms with Crippen molar-refractivity contribution >= 4 is 5.91 Å². The third-order valence-corrected chi connectivity index (χ3v) is 3.73. The van der Waals surface area contributed by atoms with E-state index in [9.17, 15) is 9.90 Å². The minimum Gasteiger partial charge on any atom is -0.391 e. The van der Waals surface area contributed by atoms with Crippen LogP contribution in [0, 0.1) is 5.92 Å². The lowest BCUT2D eigenvalue weighted by atomic mass is 9.96. The fraction of sp³-hybridized carbons (Fsp3) is 0.769. The van der Waals surface area contributed by atoms with Crippen LogP contribution in [0.25, 0.3) is 0 Å². The number of nitrogens with one attached hydrogen (secondary N) is 2. The number of rotatable bonds is 7. The van der Waals surface area contributed by atoms with Gasteiger partial charge in [0.15, 0.2) is 0 Å². The van der Waals surface area contributed by atoms with E-state index in [-0.39, 0.29) is 24.2 Å². The van der Waals surface area contributed by atoms with Gasteiger partial charge in [0.1, 0.15) is 5.82 Å². The van der Waals surface area contributed by atoms with Crippen LogP contribution in [0.5, 0.6) is 0 Å². The summed E-state index contributed by atoms with van der Waals surface area (Å²) in [5.41, 5.74) is 0. The van der Waals surface area contributed by atoms with Gasteiger partial charge in [-0.3, -0.25) is 9.89 Å². The molecule has 6 heteroatoms. The molecule has 0 bridgehead atoms. The van der Waals surface area contributed by atoms with Crippen molar-refractivity contribution in [3.8, 4) is 0 Å². The van der Waals surface area contributed by atoms with Crippen molar-refractivity contribution in [2.24, 2.45) is 5.92 Å². The summed E-state index contributed by atoms with van der Waals surface area (Å²) in [4.78, 5) is 16.0. The number of aliphatic hydroxyl groups excluding tert-OH is 1. The van der Waals surface area contributed by atoms with Crippen molar-refractivity contribution in [3.05, 3.63) is 11.6 Å². The van der Waals surface area contributed by atoms with Gasteiger partial charge < -0.3 is 10.4 Å². The summed E-state index contributed by atoms with van der Waals surface area (Å²) in [5, 5.41) is 19.3. The van der Waals surface area contributed by atoms with E-state index in [1.807, 2.05) is 13.8 Å². The molecule has 1 fully saturated rings. The van der Waals surface area contributed by atoms with E-state index in [0.717, 1.165) is 31.5 Å². The van der Waals surface area contributed by atoms with Crippen LogP contribution < -0.4 is 5.32 Å². The van der Waals surface area contributed by atoms with Crippen molar-refractivity contribution in [1.29, 1.82) is 0 Å². The van der Waals surface area contributed by atoms with Crippen LogP contribution in [0.4, 0.5) is 0 Å². The summed E-state index contributed by atoms with van der Waals surface area (Å²) >= 11 is 0. The first-order valence-corrected chi connectivity index (χ1v) is 7.04. The van der Waals surface area contributed by atoms with E-state index in [4.69, 9.17) is 0 Å². The number of aliphatic hydroxyl groups is 1. The Bertz CT molecular complexity index is 424. The number of amides is 1. The molecule has 0 aliphatic heterocycles. The first kappa shape index (κ1) is 14.0. The highest BCUT2D eigenvalue weighted by molar-refractivity contribution is 5.90. The van der Waals surface area contributed by atoms with Gasteiger partial charge in [-0.1, -0.05) is 26.7 Å². The predicted molar refractivity (Wildman–Crippen MR) is 70.8 cm³/mol. The van der Waals surface area contributed by atoms with Crippen molar-refractivity contribution in [2.45, 2.75) is 51.6 Å². The molecule has 1 saturated carbocycles. The molecule has 0 spiro atoms. The Labute approximate surface area is 113 Å². The Morgan fingerprint density at radius 2 is 2.16 bits per heavy atom. The van der Waals surface area contributed by atoms with Gasteiger partial charge in [-0.15, -0.1) is 5.10 Å². The second kappa shape index (κ2) is 6.14. The maximum absolute atomic E-state index is 11.8. The van der Waals surface area contributed by atoms with E-state index in [2.05, 4.69) is 20.5 Å². The molecule has 1 unspecified atom stereocenters.